The molecule has 2 heterocycles. The van der Waals surface area contributed by atoms with Gasteiger partial charge in [-0.3, -0.25) is 4.90 Å². The summed E-state index contributed by atoms with van der Waals surface area (Å²) in [6.45, 7) is 4.00. The number of carbonyl (C=O) groups excluding carboxylic acids is 1. The van der Waals surface area contributed by atoms with Crippen molar-refractivity contribution < 1.29 is 9.53 Å². The third kappa shape index (κ3) is 3.51. The van der Waals surface area contributed by atoms with E-state index in [0.29, 0.717) is 11.9 Å². The summed E-state index contributed by atoms with van der Waals surface area (Å²) in [4.78, 5) is 18.9. The van der Waals surface area contributed by atoms with Crippen LogP contribution in [0.5, 0.6) is 0 Å². The van der Waals surface area contributed by atoms with Gasteiger partial charge in [-0.1, -0.05) is 30.3 Å². The van der Waals surface area contributed by atoms with Crippen LogP contribution in [0.3, 0.4) is 0 Å². The first-order chi connectivity index (χ1) is 13.5. The first-order valence-corrected chi connectivity index (χ1v) is 9.99. The number of hydrogen-bond donors (Lipinski definition) is 2. The van der Waals surface area contributed by atoms with Crippen LogP contribution < -0.4 is 11.1 Å². The minimum absolute atomic E-state index is 0.0651. The van der Waals surface area contributed by atoms with E-state index in [2.05, 4.69) is 22.4 Å². The molecule has 0 spiro atoms. The molecule has 0 unspecified atom stereocenters. The van der Waals surface area contributed by atoms with Crippen LogP contribution in [0.1, 0.15) is 51.1 Å². The molecular formula is C22H28N4O2. The van der Waals surface area contributed by atoms with E-state index in [-0.39, 0.29) is 18.2 Å². The molecule has 2 aromatic rings. The topological polar surface area (TPSA) is 80.5 Å². The number of anilines is 2. The normalized spacial score (nSPS) is 26.7. The van der Waals surface area contributed by atoms with Crippen LogP contribution >= 0.6 is 0 Å². The lowest BCUT2D eigenvalue weighted by Crippen LogP contribution is -2.44. The molecule has 1 aromatic heterocycles. The summed E-state index contributed by atoms with van der Waals surface area (Å²) in [5.74, 6) is 0.527. The van der Waals surface area contributed by atoms with Crippen LogP contribution in [0.2, 0.25) is 0 Å². The second-order valence-electron chi connectivity index (χ2n) is 8.28. The fraction of sp³-hybridized carbons (Fsp3) is 0.455. The number of hydrogen-bond acceptors (Lipinski definition) is 5. The zero-order valence-electron chi connectivity index (χ0n) is 16.5. The van der Waals surface area contributed by atoms with E-state index in [9.17, 15) is 4.79 Å². The zero-order chi connectivity index (χ0) is 19.7. The highest BCUT2D eigenvalue weighted by molar-refractivity contribution is 5.72. The molecule has 1 saturated heterocycles. The number of benzene rings is 1. The number of amides is 1. The molecule has 0 radical (unpaired) electrons. The Morgan fingerprint density at radius 2 is 1.82 bits per heavy atom. The second kappa shape index (κ2) is 7.34. The van der Waals surface area contributed by atoms with Crippen LogP contribution in [0.25, 0.3) is 0 Å². The van der Waals surface area contributed by atoms with Crippen molar-refractivity contribution in [1.82, 2.24) is 9.88 Å². The highest BCUT2D eigenvalue weighted by atomic mass is 16.6. The van der Waals surface area contributed by atoms with Gasteiger partial charge in [0.05, 0.1) is 11.7 Å². The van der Waals surface area contributed by atoms with E-state index in [1.54, 1.807) is 6.20 Å². The molecule has 1 atom stereocenters. The first kappa shape index (κ1) is 18.6. The van der Waals surface area contributed by atoms with E-state index in [1.165, 1.54) is 0 Å². The molecule has 148 valence electrons. The maximum absolute atomic E-state index is 12.8. The number of nitrogens with one attached hydrogen (secondary N) is 1. The van der Waals surface area contributed by atoms with E-state index in [0.717, 1.165) is 36.9 Å². The van der Waals surface area contributed by atoms with Gasteiger partial charge in [-0.25, -0.2) is 9.78 Å². The molecule has 1 aliphatic carbocycles. The summed E-state index contributed by atoms with van der Waals surface area (Å²) in [6, 6.07) is 14.5. The van der Waals surface area contributed by atoms with Crippen molar-refractivity contribution in [1.29, 1.82) is 0 Å². The average Bonchev–Trinajstić information content (AvgIpc) is 2.93. The Kier molecular flexibility index (Phi) is 4.87. The smallest absolute Gasteiger partial charge is 0.411 e. The molecule has 0 bridgehead atoms. The maximum Gasteiger partial charge on any atom is 0.411 e. The highest BCUT2D eigenvalue weighted by Gasteiger charge is 2.51. The number of rotatable bonds is 4. The van der Waals surface area contributed by atoms with E-state index in [4.69, 9.17) is 10.5 Å². The zero-order valence-corrected chi connectivity index (χ0v) is 16.5. The van der Waals surface area contributed by atoms with Gasteiger partial charge in [-0.2, -0.15) is 0 Å². The molecule has 2 fully saturated rings. The summed E-state index contributed by atoms with van der Waals surface area (Å²) >= 11 is 0. The highest BCUT2D eigenvalue weighted by Crippen LogP contribution is 2.44. The molecular weight excluding hydrogens is 352 g/mol. The average molecular weight is 380 g/mol. The minimum atomic E-state index is -0.544. The molecule has 6 nitrogen and oxygen atoms in total. The summed E-state index contributed by atoms with van der Waals surface area (Å²) < 4.78 is 5.77. The molecule has 1 aromatic carbocycles. The summed E-state index contributed by atoms with van der Waals surface area (Å²) in [7, 11) is 0. The number of aromatic nitrogens is 1. The molecule has 6 heteroatoms. The second-order valence-corrected chi connectivity index (χ2v) is 8.28. The number of cyclic esters (lactones) is 1. The Morgan fingerprint density at radius 3 is 2.50 bits per heavy atom. The molecule has 3 N–H and O–H groups in total. The van der Waals surface area contributed by atoms with Gasteiger partial charge in [0, 0.05) is 18.3 Å². The molecule has 28 heavy (non-hydrogen) atoms. The number of carbonyl (C=O) groups is 1. The van der Waals surface area contributed by atoms with Gasteiger partial charge in [-0.05, 0) is 57.2 Å². The molecule has 1 aliphatic heterocycles. The van der Waals surface area contributed by atoms with Gasteiger partial charge in [0.25, 0.3) is 0 Å². The first-order valence-electron chi connectivity index (χ1n) is 9.99. The van der Waals surface area contributed by atoms with Gasteiger partial charge in [0.2, 0.25) is 0 Å². The predicted molar refractivity (Wildman–Crippen MR) is 110 cm³/mol. The number of nitrogens with two attached hydrogens (primary N) is 1. The fourth-order valence-electron chi connectivity index (χ4n) is 4.59. The number of pyridine rings is 1. The van der Waals surface area contributed by atoms with Crippen molar-refractivity contribution in [2.45, 2.75) is 63.3 Å². The number of nitrogens with zero attached hydrogens (tertiary/aromatic N) is 2. The molecule has 1 saturated carbocycles. The Balaban J connectivity index is 1.47. The molecule has 2 aliphatic rings. The Bertz CT molecular complexity index is 831. The Morgan fingerprint density at radius 1 is 1.11 bits per heavy atom. The lowest BCUT2D eigenvalue weighted by atomic mass is 9.86. The predicted octanol–water partition coefficient (Wildman–Crippen LogP) is 4.36. The quantitative estimate of drug-likeness (QED) is 0.824. The third-order valence-corrected chi connectivity index (χ3v) is 5.90. The van der Waals surface area contributed by atoms with Crippen molar-refractivity contribution in [3.05, 3.63) is 54.2 Å². The van der Waals surface area contributed by atoms with Crippen LogP contribution in [-0.2, 0) is 4.74 Å². The standard InChI is InChI=1S/C22H28N4O2/c1-22(2)19(15-7-4-3-5-8-15)26(21(27)28-22)17-12-10-16(11-13-17)25-18-9-6-14-24-20(18)23/h3-9,14,16-17,19,25H,10-13H2,1-2H3,(H2,23,24)/t16-,17-,19-/m0/s1. The van der Waals surface area contributed by atoms with E-state index in [1.807, 2.05) is 49.1 Å². The van der Waals surface area contributed by atoms with Crippen LogP contribution in [-0.4, -0.2) is 33.7 Å². The van der Waals surface area contributed by atoms with Gasteiger partial charge < -0.3 is 15.8 Å². The van der Waals surface area contributed by atoms with E-state index < -0.39 is 5.60 Å². The maximum atomic E-state index is 12.8. The van der Waals surface area contributed by atoms with Gasteiger partial charge in [-0.15, -0.1) is 0 Å². The van der Waals surface area contributed by atoms with Crippen LogP contribution in [0.4, 0.5) is 16.3 Å². The lowest BCUT2D eigenvalue weighted by Gasteiger charge is -2.38. The lowest BCUT2D eigenvalue weighted by molar-refractivity contribution is 0.0664. The van der Waals surface area contributed by atoms with Gasteiger partial charge in [0.15, 0.2) is 0 Å². The SMILES string of the molecule is CC1(C)OC(=O)N([C@H]2CC[C@H](Nc3cccnc3N)CC2)[C@H]1c1ccccc1. The van der Waals surface area contributed by atoms with Gasteiger partial charge >= 0.3 is 6.09 Å². The monoisotopic (exact) mass is 380 g/mol. The van der Waals surface area contributed by atoms with Crippen molar-refractivity contribution >= 4 is 17.6 Å². The van der Waals surface area contributed by atoms with Gasteiger partial charge in [0.1, 0.15) is 11.4 Å². The largest absolute Gasteiger partial charge is 0.441 e. The molecule has 4 rings (SSSR count). The third-order valence-electron chi connectivity index (χ3n) is 5.90. The molecule has 1 amide bonds. The summed E-state index contributed by atoms with van der Waals surface area (Å²) in [6.07, 6.45) is 5.32. The fourth-order valence-corrected chi connectivity index (χ4v) is 4.59. The van der Waals surface area contributed by atoms with Crippen molar-refractivity contribution in [3.8, 4) is 0 Å². The summed E-state index contributed by atoms with van der Waals surface area (Å²) in [5.41, 5.74) is 7.42. The Labute approximate surface area is 166 Å². The van der Waals surface area contributed by atoms with Crippen LogP contribution in [0.15, 0.2) is 48.7 Å². The van der Waals surface area contributed by atoms with Crippen molar-refractivity contribution in [2.24, 2.45) is 0 Å². The number of ether oxygens (including phenoxy) is 1. The number of nitrogen functional groups attached to an aromatic ring is 1. The minimum Gasteiger partial charge on any atom is -0.441 e. The summed E-state index contributed by atoms with van der Waals surface area (Å²) in [5, 5.41) is 3.51. The van der Waals surface area contributed by atoms with Crippen molar-refractivity contribution in [3.63, 3.8) is 0 Å². The Hall–Kier alpha value is -2.76. The van der Waals surface area contributed by atoms with Crippen LogP contribution in [0, 0.1) is 0 Å². The van der Waals surface area contributed by atoms with E-state index >= 15 is 0 Å². The van der Waals surface area contributed by atoms with Crippen molar-refractivity contribution in [2.75, 3.05) is 11.1 Å².